The minimum absolute atomic E-state index is 0. The molecule has 0 aliphatic carbocycles. The predicted molar refractivity (Wildman–Crippen MR) is 131 cm³/mol. The first-order valence-corrected chi connectivity index (χ1v) is 10.4. The number of hydrogen-bond donors (Lipinski definition) is 0. The molecule has 0 spiro atoms. The average molecular weight is 594 g/mol. The molecule has 3 heterocycles. The van der Waals surface area contributed by atoms with E-state index in [1.165, 1.54) is 16.8 Å². The van der Waals surface area contributed by atoms with Gasteiger partial charge in [0.05, 0.1) is 0 Å². The monoisotopic (exact) mass is 594 g/mol. The molecule has 0 atom stereocenters. The van der Waals surface area contributed by atoms with Crippen molar-refractivity contribution in [3.8, 4) is 0 Å². The fourth-order valence-corrected chi connectivity index (χ4v) is 3.74. The molecule has 3 aromatic rings. The Bertz CT molecular complexity index is 1120. The van der Waals surface area contributed by atoms with Crippen LogP contribution in [0.1, 0.15) is 23.1 Å². The molecule has 1 radical (unpaired) electrons. The van der Waals surface area contributed by atoms with Gasteiger partial charge in [-0.15, -0.1) is 35.9 Å². The van der Waals surface area contributed by atoms with Gasteiger partial charge in [0.1, 0.15) is 0 Å². The maximum atomic E-state index is 4.48. The zero-order valence-corrected chi connectivity index (χ0v) is 20.6. The number of rotatable bonds is 3. The van der Waals surface area contributed by atoms with Crippen molar-refractivity contribution in [1.82, 2.24) is 4.98 Å². The zero-order chi connectivity index (χ0) is 21.5. The fraction of sp³-hybridized carbons (Fsp3) is 0.111. The molecule has 0 saturated carbocycles. The van der Waals surface area contributed by atoms with Crippen molar-refractivity contribution in [3.63, 3.8) is 0 Å². The summed E-state index contributed by atoms with van der Waals surface area (Å²) in [5.41, 5.74) is 7.00. The number of para-hydroxylation sites is 1. The molecule has 161 valence electrons. The van der Waals surface area contributed by atoms with E-state index in [1.54, 1.807) is 0 Å². The predicted octanol–water partition coefficient (Wildman–Crippen LogP) is 5.02. The summed E-state index contributed by atoms with van der Waals surface area (Å²) in [6, 6.07) is 23.4. The summed E-state index contributed by atoms with van der Waals surface area (Å²) in [4.78, 5) is 10.9. The summed E-state index contributed by atoms with van der Waals surface area (Å²) in [6.07, 6.45) is 12.8. The number of aryl methyl sites for hydroxylation is 2. The Morgan fingerprint density at radius 1 is 0.969 bits per heavy atom. The molecular formula is C27H24BIrN3-2. The Kier molecular flexibility index (Phi) is 8.55. The normalized spacial score (nSPS) is 13.9. The first-order chi connectivity index (χ1) is 15.2. The molecule has 32 heavy (non-hydrogen) atoms. The fourth-order valence-electron chi connectivity index (χ4n) is 3.74. The van der Waals surface area contributed by atoms with E-state index in [2.05, 4.69) is 71.2 Å². The summed E-state index contributed by atoms with van der Waals surface area (Å²) >= 11 is 0. The van der Waals surface area contributed by atoms with Gasteiger partial charge in [0.25, 0.3) is 0 Å². The molecule has 2 aliphatic heterocycles. The van der Waals surface area contributed by atoms with Crippen molar-refractivity contribution in [3.05, 3.63) is 126 Å². The molecule has 5 heteroatoms. The van der Waals surface area contributed by atoms with Gasteiger partial charge in [0.15, 0.2) is 0 Å². The third kappa shape index (κ3) is 5.62. The Morgan fingerprint density at radius 3 is 2.44 bits per heavy atom. The molecule has 1 aromatic heterocycles. The minimum Gasteiger partial charge on any atom is -0.415 e. The van der Waals surface area contributed by atoms with E-state index < -0.39 is 0 Å². The summed E-state index contributed by atoms with van der Waals surface area (Å²) in [7, 11) is 0. The summed E-state index contributed by atoms with van der Waals surface area (Å²) < 4.78 is 0. The largest absolute Gasteiger partial charge is 0.415 e. The molecule has 5 rings (SSSR count). The van der Waals surface area contributed by atoms with Crippen LogP contribution in [0.25, 0.3) is 0 Å². The molecule has 0 unspecified atom stereocenters. The molecule has 3 nitrogen and oxygen atoms in total. The van der Waals surface area contributed by atoms with Crippen LogP contribution >= 0.6 is 0 Å². The standard InChI is InChI=1S/C17H16BN2.C10H8N.Ir/c1-14-8-7-9-15(2)17(14)20-13-6-4-11-18(20)16-10-3-5-12-19-16;1-2-5-9(6-3-1)10-7-4-8-11-10;/h3-10,12-13H,1-2H3;1-5,8H,7H2;/q2*-1;. The smallest absolute Gasteiger partial charge is 0.233 e. The van der Waals surface area contributed by atoms with E-state index in [1.807, 2.05) is 67.0 Å². The van der Waals surface area contributed by atoms with Crippen molar-refractivity contribution in [2.75, 3.05) is 4.81 Å². The molecule has 0 fully saturated rings. The number of nitrogens with zero attached hydrogens (tertiary/aromatic N) is 3. The third-order valence-corrected chi connectivity index (χ3v) is 5.21. The van der Waals surface area contributed by atoms with Crippen molar-refractivity contribution < 1.29 is 20.1 Å². The van der Waals surface area contributed by atoms with Gasteiger partial charge in [-0.05, 0) is 49.2 Å². The van der Waals surface area contributed by atoms with Crippen LogP contribution in [0, 0.1) is 25.9 Å². The number of aliphatic imine (C=N–C) groups is 1. The average Bonchev–Trinajstić information content (AvgIpc) is 3.36. The number of anilines is 1. The Hall–Kier alpha value is -3.01. The molecule has 0 amide bonds. The maximum Gasteiger partial charge on any atom is 0.233 e. The molecule has 0 bridgehead atoms. The number of pyridine rings is 1. The first kappa shape index (κ1) is 23.7. The van der Waals surface area contributed by atoms with Crippen LogP contribution in [0.2, 0.25) is 0 Å². The van der Waals surface area contributed by atoms with E-state index >= 15 is 0 Å². The summed E-state index contributed by atoms with van der Waals surface area (Å²) in [5, 5.41) is 0. The Labute approximate surface area is 204 Å². The van der Waals surface area contributed by atoms with Crippen LogP contribution in [-0.4, -0.2) is 17.5 Å². The van der Waals surface area contributed by atoms with Crippen molar-refractivity contribution in [2.45, 2.75) is 20.3 Å². The second-order valence-corrected chi connectivity index (χ2v) is 7.42. The van der Waals surface area contributed by atoms with E-state index in [9.17, 15) is 0 Å². The second kappa shape index (κ2) is 11.6. The van der Waals surface area contributed by atoms with Gasteiger partial charge in [-0.25, -0.2) is 6.08 Å². The van der Waals surface area contributed by atoms with Crippen molar-refractivity contribution >= 4 is 23.8 Å². The molecular weight excluding hydrogens is 569 g/mol. The van der Waals surface area contributed by atoms with Crippen LogP contribution in [0.4, 0.5) is 5.69 Å². The van der Waals surface area contributed by atoms with Crippen LogP contribution in [0.15, 0.2) is 102 Å². The van der Waals surface area contributed by atoms with E-state index in [0.717, 1.165) is 23.3 Å². The number of benzene rings is 2. The Balaban J connectivity index is 0.000000204. The quantitative estimate of drug-likeness (QED) is 0.315. The van der Waals surface area contributed by atoms with Gasteiger partial charge >= 0.3 is 0 Å². The molecule has 2 aromatic carbocycles. The maximum absolute atomic E-state index is 4.48. The number of allylic oxidation sites excluding steroid dienone is 3. The minimum atomic E-state index is 0. The van der Waals surface area contributed by atoms with Gasteiger partial charge in [-0.1, -0.05) is 36.5 Å². The third-order valence-electron chi connectivity index (χ3n) is 5.21. The van der Waals surface area contributed by atoms with Crippen LogP contribution in [0.5, 0.6) is 0 Å². The van der Waals surface area contributed by atoms with Gasteiger partial charge in [0, 0.05) is 43.8 Å². The van der Waals surface area contributed by atoms with E-state index in [4.69, 9.17) is 0 Å². The second-order valence-electron chi connectivity index (χ2n) is 7.42. The van der Waals surface area contributed by atoms with Gasteiger partial charge < -0.3 is 9.80 Å². The van der Waals surface area contributed by atoms with Crippen LogP contribution in [-0.2, 0) is 20.1 Å². The van der Waals surface area contributed by atoms with E-state index in [-0.39, 0.29) is 27.0 Å². The number of hydrogen-bond acceptors (Lipinski definition) is 3. The summed E-state index contributed by atoms with van der Waals surface area (Å²) in [6.45, 7) is 4.31. The summed E-state index contributed by atoms with van der Waals surface area (Å²) in [5.74, 6) is 3.39. The topological polar surface area (TPSA) is 28.5 Å². The molecule has 2 aliphatic rings. The van der Waals surface area contributed by atoms with Crippen molar-refractivity contribution in [1.29, 1.82) is 0 Å². The van der Waals surface area contributed by atoms with Gasteiger partial charge in [0.2, 0.25) is 6.85 Å². The SMILES string of the molecule is Cc1cccc(C)c1N1C=CC=[C-]B1c1ccccn1.[Ir].[c-]1ccccc1C1=NC=CC1. The van der Waals surface area contributed by atoms with Crippen LogP contribution in [0.3, 0.4) is 0 Å². The molecule has 0 saturated heterocycles. The van der Waals surface area contributed by atoms with Crippen LogP contribution < -0.4 is 10.4 Å². The Morgan fingerprint density at radius 2 is 1.78 bits per heavy atom. The van der Waals surface area contributed by atoms with Gasteiger partial charge in [-0.3, -0.25) is 11.0 Å². The number of aromatic nitrogens is 1. The zero-order valence-electron chi connectivity index (χ0n) is 18.2. The van der Waals surface area contributed by atoms with Crippen molar-refractivity contribution in [2.24, 2.45) is 4.99 Å². The van der Waals surface area contributed by atoms with E-state index in [0.29, 0.717) is 0 Å². The first-order valence-electron chi connectivity index (χ1n) is 10.4. The molecule has 0 N–H and O–H groups in total. The van der Waals surface area contributed by atoms with Gasteiger partial charge in [-0.2, -0.15) is 6.08 Å².